The van der Waals surface area contributed by atoms with E-state index in [1.165, 1.54) is 39.5 Å². The van der Waals surface area contributed by atoms with Crippen molar-refractivity contribution in [2.24, 2.45) is 39.7 Å². The number of hydrogen-bond donors (Lipinski definition) is 0. The molecule has 0 bridgehead atoms. The van der Waals surface area contributed by atoms with Crippen molar-refractivity contribution in [1.82, 2.24) is 0 Å². The molecule has 0 spiro atoms. The molecule has 40 heavy (non-hydrogen) atoms. The van der Waals surface area contributed by atoms with Crippen molar-refractivity contribution in [1.29, 1.82) is 0 Å². The number of rotatable bonds is 7. The average Bonchev–Trinajstić information content (AvgIpc) is 3.26. The first-order valence-corrected chi connectivity index (χ1v) is 15.1. The second-order valence-corrected chi connectivity index (χ2v) is 13.2. The van der Waals surface area contributed by atoms with Crippen molar-refractivity contribution in [2.45, 2.75) is 111 Å². The predicted molar refractivity (Wildman–Crippen MR) is 150 cm³/mol. The highest BCUT2D eigenvalue weighted by Gasteiger charge is 2.59. The fraction of sp³-hybridized carbons (Fsp3) is 0.781. The molecule has 0 N–H and O–H groups in total. The summed E-state index contributed by atoms with van der Waals surface area (Å²) in [5, 5.41) is 4.35. The summed E-state index contributed by atoms with van der Waals surface area (Å²) in [5.74, 6) is 1.90. The highest BCUT2D eigenvalue weighted by atomic mass is 16.7. The smallest absolute Gasteiger partial charge is 0.303 e. The standard InChI is InChI=1S/C32H47NO7/c1-19(33-36-6)25-9-10-26-24-8-7-22-17-23(13-15-31(22,4)27(24)14-16-32(25,26)5)39-30-12-11-28(38-21(3)35)29(40-30)18-37-20(2)34/h7,11-12,23-30H,8-10,13-18H2,1-6H3/b33-19+/t23-,24-,25+,26-,27-,28-,29+,30?,31-,32+/m0/s1. The fourth-order valence-corrected chi connectivity index (χ4v) is 9.16. The SMILES string of the molecule is CO/N=C(\C)[C@H]1CC[C@H]2[C@@H]3CC=C4C[C@@H](OC5C=C[C@H](OC(C)=O)[C@@H](COC(C)=O)O5)CC[C@]4(C)[C@H]3CC[C@]12C. The van der Waals surface area contributed by atoms with E-state index in [2.05, 4.69) is 32.0 Å². The third-order valence-electron chi connectivity index (χ3n) is 11.0. The molecule has 0 amide bonds. The number of esters is 2. The maximum absolute atomic E-state index is 11.5. The van der Waals surface area contributed by atoms with Crippen LogP contribution < -0.4 is 0 Å². The van der Waals surface area contributed by atoms with Crippen LogP contribution in [0.15, 0.2) is 29.0 Å². The third-order valence-corrected chi connectivity index (χ3v) is 11.0. The second kappa shape index (κ2) is 11.6. The zero-order valence-corrected chi connectivity index (χ0v) is 25.0. The van der Waals surface area contributed by atoms with Crippen molar-refractivity contribution >= 4 is 17.7 Å². The van der Waals surface area contributed by atoms with E-state index in [4.69, 9.17) is 23.8 Å². The Morgan fingerprint density at radius 3 is 2.55 bits per heavy atom. The Hall–Kier alpha value is -2.19. The fourth-order valence-electron chi connectivity index (χ4n) is 9.16. The maximum Gasteiger partial charge on any atom is 0.303 e. The molecule has 5 rings (SSSR count). The lowest BCUT2D eigenvalue weighted by Gasteiger charge is -2.58. The van der Waals surface area contributed by atoms with Crippen LogP contribution in [0.2, 0.25) is 0 Å². The number of carbonyl (C=O) groups is 2. The van der Waals surface area contributed by atoms with Crippen LogP contribution in [0.4, 0.5) is 0 Å². The van der Waals surface area contributed by atoms with Gasteiger partial charge in [0, 0.05) is 19.8 Å². The molecule has 1 heterocycles. The zero-order valence-electron chi connectivity index (χ0n) is 25.0. The molecule has 5 aliphatic rings. The maximum atomic E-state index is 11.5. The van der Waals surface area contributed by atoms with Gasteiger partial charge in [-0.25, -0.2) is 0 Å². The van der Waals surface area contributed by atoms with Crippen LogP contribution in [0.3, 0.4) is 0 Å². The van der Waals surface area contributed by atoms with Crippen LogP contribution in [-0.2, 0) is 33.4 Å². The molecule has 0 radical (unpaired) electrons. The van der Waals surface area contributed by atoms with E-state index in [9.17, 15) is 9.59 Å². The van der Waals surface area contributed by atoms with Crippen LogP contribution in [0, 0.1) is 34.5 Å². The number of carbonyl (C=O) groups excluding carboxylic acids is 2. The zero-order chi connectivity index (χ0) is 28.7. The van der Waals surface area contributed by atoms with Crippen molar-refractivity contribution < 1.29 is 33.4 Å². The second-order valence-electron chi connectivity index (χ2n) is 13.2. The lowest BCUT2D eigenvalue weighted by Crippen LogP contribution is -2.51. The van der Waals surface area contributed by atoms with Gasteiger partial charge in [-0.1, -0.05) is 30.7 Å². The molecule has 0 aromatic rings. The summed E-state index contributed by atoms with van der Waals surface area (Å²) in [6, 6.07) is 0. The molecule has 8 heteroatoms. The van der Waals surface area contributed by atoms with Crippen molar-refractivity contribution in [3.63, 3.8) is 0 Å². The van der Waals surface area contributed by atoms with Crippen LogP contribution in [0.1, 0.15) is 86.0 Å². The molecule has 10 atom stereocenters. The molecule has 0 saturated heterocycles. The topological polar surface area (TPSA) is 92.6 Å². The lowest BCUT2D eigenvalue weighted by molar-refractivity contribution is -0.213. The highest BCUT2D eigenvalue weighted by Crippen LogP contribution is 2.66. The number of nitrogens with zero attached hydrogens (tertiary/aromatic N) is 1. The number of fused-ring (bicyclic) bond motifs is 5. The first-order chi connectivity index (χ1) is 19.0. The minimum Gasteiger partial charge on any atom is -0.463 e. The van der Waals surface area contributed by atoms with Gasteiger partial charge in [0.1, 0.15) is 25.9 Å². The van der Waals surface area contributed by atoms with E-state index in [1.807, 2.05) is 6.08 Å². The van der Waals surface area contributed by atoms with Gasteiger partial charge in [0.15, 0.2) is 6.29 Å². The minimum atomic E-state index is -0.610. The largest absolute Gasteiger partial charge is 0.463 e. The van der Waals surface area contributed by atoms with Crippen molar-refractivity contribution in [3.8, 4) is 0 Å². The summed E-state index contributed by atoms with van der Waals surface area (Å²) in [6.07, 6.45) is 13.6. The van der Waals surface area contributed by atoms with Crippen LogP contribution in [0.25, 0.3) is 0 Å². The number of hydrogen-bond acceptors (Lipinski definition) is 8. The molecule has 3 saturated carbocycles. The molecule has 222 valence electrons. The summed E-state index contributed by atoms with van der Waals surface area (Å²) in [6.45, 7) is 9.89. The van der Waals surface area contributed by atoms with E-state index in [0.29, 0.717) is 17.3 Å². The van der Waals surface area contributed by atoms with E-state index >= 15 is 0 Å². The van der Waals surface area contributed by atoms with Gasteiger partial charge in [0.05, 0.1) is 11.8 Å². The molecule has 8 nitrogen and oxygen atoms in total. The van der Waals surface area contributed by atoms with E-state index in [1.54, 1.807) is 18.8 Å². The lowest BCUT2D eigenvalue weighted by atomic mass is 9.47. The van der Waals surface area contributed by atoms with Gasteiger partial charge in [-0.05, 0) is 99.0 Å². The van der Waals surface area contributed by atoms with E-state index in [0.717, 1.165) is 43.2 Å². The first-order valence-electron chi connectivity index (χ1n) is 15.1. The minimum absolute atomic E-state index is 0.00618. The molecule has 0 aromatic heterocycles. The van der Waals surface area contributed by atoms with Crippen LogP contribution >= 0.6 is 0 Å². The van der Waals surface area contributed by atoms with Gasteiger partial charge < -0.3 is 23.8 Å². The molecule has 1 aliphatic heterocycles. The van der Waals surface area contributed by atoms with Gasteiger partial charge >= 0.3 is 11.9 Å². The Kier molecular flexibility index (Phi) is 8.49. The Balaban J connectivity index is 1.25. The molecule has 3 fully saturated rings. The van der Waals surface area contributed by atoms with Gasteiger partial charge in [-0.3, -0.25) is 9.59 Å². The Labute approximate surface area is 238 Å². The summed E-state index contributed by atoms with van der Waals surface area (Å²) < 4.78 is 23.1. The summed E-state index contributed by atoms with van der Waals surface area (Å²) in [5.41, 5.74) is 3.25. The number of ether oxygens (including phenoxy) is 4. The third kappa shape index (κ3) is 5.50. The number of allylic oxidation sites excluding steroid dienone is 1. The summed E-state index contributed by atoms with van der Waals surface area (Å²) in [7, 11) is 1.65. The molecule has 1 unspecified atom stereocenters. The van der Waals surface area contributed by atoms with E-state index in [-0.39, 0.29) is 18.1 Å². The average molecular weight is 558 g/mol. The summed E-state index contributed by atoms with van der Waals surface area (Å²) >= 11 is 0. The number of oxime groups is 1. The first kappa shape index (κ1) is 29.3. The summed E-state index contributed by atoms with van der Waals surface area (Å²) in [4.78, 5) is 28.1. The highest BCUT2D eigenvalue weighted by molar-refractivity contribution is 5.85. The predicted octanol–water partition coefficient (Wildman–Crippen LogP) is 5.75. The monoisotopic (exact) mass is 557 g/mol. The Morgan fingerprint density at radius 1 is 1.02 bits per heavy atom. The van der Waals surface area contributed by atoms with Gasteiger partial charge in [-0.2, -0.15) is 0 Å². The van der Waals surface area contributed by atoms with Gasteiger partial charge in [-0.15, -0.1) is 0 Å². The molecular formula is C32H47NO7. The van der Waals surface area contributed by atoms with Crippen LogP contribution in [-0.4, -0.2) is 56.0 Å². The molecular weight excluding hydrogens is 510 g/mol. The van der Waals surface area contributed by atoms with Gasteiger partial charge in [0.25, 0.3) is 0 Å². The molecule has 4 aliphatic carbocycles. The van der Waals surface area contributed by atoms with Gasteiger partial charge in [0.2, 0.25) is 0 Å². The Morgan fingerprint density at radius 2 is 1.82 bits per heavy atom. The van der Waals surface area contributed by atoms with E-state index < -0.39 is 30.4 Å². The van der Waals surface area contributed by atoms with Crippen LogP contribution in [0.5, 0.6) is 0 Å². The quantitative estimate of drug-likeness (QED) is 0.170. The van der Waals surface area contributed by atoms with Crippen molar-refractivity contribution in [2.75, 3.05) is 13.7 Å². The molecule has 0 aromatic carbocycles. The Bertz CT molecular complexity index is 1070. The normalized spacial score (nSPS) is 42.6. The van der Waals surface area contributed by atoms with Crippen molar-refractivity contribution in [3.05, 3.63) is 23.8 Å².